The fourth-order valence-corrected chi connectivity index (χ4v) is 2.15. The van der Waals surface area contributed by atoms with Crippen molar-refractivity contribution in [2.75, 3.05) is 6.54 Å². The molecule has 0 heterocycles. The van der Waals surface area contributed by atoms with Crippen molar-refractivity contribution in [2.24, 2.45) is 5.73 Å². The molecule has 0 aromatic rings. The highest BCUT2D eigenvalue weighted by molar-refractivity contribution is 5.85. The lowest BCUT2D eigenvalue weighted by Gasteiger charge is -2.25. The zero-order chi connectivity index (χ0) is 20.4. The van der Waals surface area contributed by atoms with Crippen molar-refractivity contribution < 1.29 is 23.9 Å². The molecule has 0 spiro atoms. The molecule has 3 N–H and O–H groups in total. The summed E-state index contributed by atoms with van der Waals surface area (Å²) in [7, 11) is 0. The highest BCUT2D eigenvalue weighted by Crippen LogP contribution is 2.14. The summed E-state index contributed by atoms with van der Waals surface area (Å²) in [6, 6.07) is -0.872. The van der Waals surface area contributed by atoms with E-state index in [2.05, 4.69) is 5.32 Å². The van der Waals surface area contributed by atoms with Crippen molar-refractivity contribution in [3.05, 3.63) is 0 Å². The summed E-state index contributed by atoms with van der Waals surface area (Å²) in [4.78, 5) is 36.4. The van der Waals surface area contributed by atoms with Crippen LogP contribution in [0.2, 0.25) is 0 Å². The van der Waals surface area contributed by atoms with Crippen molar-refractivity contribution in [3.63, 3.8) is 0 Å². The summed E-state index contributed by atoms with van der Waals surface area (Å²) < 4.78 is 10.6. The minimum Gasteiger partial charge on any atom is -0.460 e. The summed E-state index contributed by atoms with van der Waals surface area (Å²) in [5, 5.41) is 2.68. The van der Waals surface area contributed by atoms with E-state index in [1.165, 1.54) is 0 Å². The van der Waals surface area contributed by atoms with Crippen molar-refractivity contribution in [3.8, 4) is 0 Å². The molecule has 0 bridgehead atoms. The first kappa shape index (κ1) is 24.4. The number of carbonyl (C=O) groups is 3. The molecule has 0 saturated heterocycles. The van der Waals surface area contributed by atoms with E-state index >= 15 is 0 Å². The molecule has 0 rings (SSSR count). The molecule has 0 saturated carbocycles. The van der Waals surface area contributed by atoms with E-state index in [1.807, 2.05) is 0 Å². The standard InChI is InChI=1S/C19H36N2O5/c1-18(2,3)25-16(23)12-11-14(17(24)26-19(4,5)6)21-15(22)10-8-7-9-13-20/h14H,7-13,20H2,1-6H3,(H,21,22). The van der Waals surface area contributed by atoms with Crippen LogP contribution < -0.4 is 11.1 Å². The molecule has 0 aliphatic heterocycles. The van der Waals surface area contributed by atoms with Crippen LogP contribution >= 0.6 is 0 Å². The second-order valence-electron chi connectivity index (χ2n) is 8.38. The van der Waals surface area contributed by atoms with Crippen molar-refractivity contribution >= 4 is 17.8 Å². The molecule has 0 aliphatic rings. The monoisotopic (exact) mass is 372 g/mol. The molecule has 0 aromatic heterocycles. The summed E-state index contributed by atoms with van der Waals surface area (Å²) >= 11 is 0. The van der Waals surface area contributed by atoms with Crippen LogP contribution in [-0.4, -0.2) is 41.6 Å². The number of unbranched alkanes of at least 4 members (excludes halogenated alkanes) is 2. The van der Waals surface area contributed by atoms with E-state index in [9.17, 15) is 14.4 Å². The van der Waals surface area contributed by atoms with E-state index < -0.39 is 29.2 Å². The van der Waals surface area contributed by atoms with Gasteiger partial charge in [-0.05, 0) is 67.3 Å². The van der Waals surface area contributed by atoms with Crippen LogP contribution in [0, 0.1) is 0 Å². The molecule has 26 heavy (non-hydrogen) atoms. The first-order chi connectivity index (χ1) is 11.8. The number of hydrogen-bond donors (Lipinski definition) is 2. The zero-order valence-corrected chi connectivity index (χ0v) is 17.1. The van der Waals surface area contributed by atoms with Crippen LogP contribution in [0.4, 0.5) is 0 Å². The minimum atomic E-state index is -0.872. The average Bonchev–Trinajstić information content (AvgIpc) is 2.44. The molecule has 0 fully saturated rings. The number of amides is 1. The molecule has 0 radical (unpaired) electrons. The van der Waals surface area contributed by atoms with Gasteiger partial charge in [0.2, 0.25) is 5.91 Å². The van der Waals surface area contributed by atoms with Gasteiger partial charge < -0.3 is 20.5 Å². The Bertz CT molecular complexity index is 464. The number of hydrogen-bond acceptors (Lipinski definition) is 6. The van der Waals surface area contributed by atoms with Gasteiger partial charge in [-0.3, -0.25) is 9.59 Å². The summed E-state index contributed by atoms with van der Waals surface area (Å²) in [6.07, 6.45) is 2.90. The smallest absolute Gasteiger partial charge is 0.329 e. The Hall–Kier alpha value is -1.63. The molecular formula is C19H36N2O5. The fraction of sp³-hybridized carbons (Fsp3) is 0.842. The van der Waals surface area contributed by atoms with Crippen molar-refractivity contribution in [1.29, 1.82) is 0 Å². The molecule has 0 aliphatic carbocycles. The number of esters is 2. The molecule has 0 aromatic carbocycles. The molecule has 7 nitrogen and oxygen atoms in total. The molecule has 1 atom stereocenters. The van der Waals surface area contributed by atoms with Crippen LogP contribution in [0.3, 0.4) is 0 Å². The number of nitrogens with one attached hydrogen (secondary N) is 1. The van der Waals surface area contributed by atoms with Gasteiger partial charge in [0.15, 0.2) is 0 Å². The Kier molecular flexibility index (Phi) is 10.5. The highest BCUT2D eigenvalue weighted by Gasteiger charge is 2.28. The lowest BCUT2D eigenvalue weighted by molar-refractivity contribution is -0.160. The highest BCUT2D eigenvalue weighted by atomic mass is 16.6. The third-order valence-electron chi connectivity index (χ3n) is 3.19. The second-order valence-corrected chi connectivity index (χ2v) is 8.38. The van der Waals surface area contributed by atoms with E-state index in [0.29, 0.717) is 19.4 Å². The number of ether oxygens (including phenoxy) is 2. The Balaban J connectivity index is 4.72. The van der Waals surface area contributed by atoms with Gasteiger partial charge in [-0.2, -0.15) is 0 Å². The first-order valence-corrected chi connectivity index (χ1v) is 9.28. The Morgan fingerprint density at radius 3 is 1.96 bits per heavy atom. The predicted molar refractivity (Wildman–Crippen MR) is 100 cm³/mol. The van der Waals surface area contributed by atoms with Crippen molar-refractivity contribution in [2.45, 2.75) is 97.3 Å². The van der Waals surface area contributed by atoms with Crippen molar-refractivity contribution in [1.82, 2.24) is 5.32 Å². The molecular weight excluding hydrogens is 336 g/mol. The van der Waals surface area contributed by atoms with Gasteiger partial charge in [0.05, 0.1) is 0 Å². The number of carbonyl (C=O) groups excluding carboxylic acids is 3. The fourth-order valence-electron chi connectivity index (χ4n) is 2.15. The van der Waals surface area contributed by atoms with Crippen LogP contribution in [0.1, 0.15) is 80.1 Å². The van der Waals surface area contributed by atoms with Gasteiger partial charge in [0.25, 0.3) is 0 Å². The van der Waals surface area contributed by atoms with Gasteiger partial charge >= 0.3 is 11.9 Å². The van der Waals surface area contributed by atoms with Crippen LogP contribution in [0.25, 0.3) is 0 Å². The largest absolute Gasteiger partial charge is 0.460 e. The maximum atomic E-state index is 12.4. The predicted octanol–water partition coefficient (Wildman–Crippen LogP) is 2.45. The summed E-state index contributed by atoms with van der Waals surface area (Å²) in [6.45, 7) is 11.2. The molecule has 1 amide bonds. The lowest BCUT2D eigenvalue weighted by atomic mass is 10.1. The topological polar surface area (TPSA) is 108 Å². The third-order valence-corrected chi connectivity index (χ3v) is 3.19. The van der Waals surface area contributed by atoms with Crippen LogP contribution in [-0.2, 0) is 23.9 Å². The second kappa shape index (κ2) is 11.2. The number of nitrogens with two attached hydrogens (primary N) is 1. The molecule has 152 valence electrons. The Morgan fingerprint density at radius 2 is 1.46 bits per heavy atom. The van der Waals surface area contributed by atoms with Gasteiger partial charge in [-0.1, -0.05) is 6.42 Å². The van der Waals surface area contributed by atoms with Crippen LogP contribution in [0.15, 0.2) is 0 Å². The van der Waals surface area contributed by atoms with E-state index in [1.54, 1.807) is 41.5 Å². The maximum Gasteiger partial charge on any atom is 0.329 e. The third kappa shape index (κ3) is 13.6. The molecule has 1 unspecified atom stereocenters. The van der Waals surface area contributed by atoms with E-state index in [0.717, 1.165) is 12.8 Å². The van der Waals surface area contributed by atoms with Gasteiger partial charge in [0.1, 0.15) is 17.2 Å². The number of rotatable bonds is 10. The molecule has 7 heteroatoms. The van der Waals surface area contributed by atoms with Gasteiger partial charge in [0, 0.05) is 12.8 Å². The summed E-state index contributed by atoms with van der Waals surface area (Å²) in [5.74, 6) is -1.19. The van der Waals surface area contributed by atoms with E-state index in [4.69, 9.17) is 15.2 Å². The quantitative estimate of drug-likeness (QED) is 0.450. The van der Waals surface area contributed by atoms with Crippen LogP contribution in [0.5, 0.6) is 0 Å². The maximum absolute atomic E-state index is 12.4. The van der Waals surface area contributed by atoms with Gasteiger partial charge in [-0.25, -0.2) is 4.79 Å². The Morgan fingerprint density at radius 1 is 0.885 bits per heavy atom. The Labute approximate surface area is 157 Å². The first-order valence-electron chi connectivity index (χ1n) is 9.28. The van der Waals surface area contributed by atoms with E-state index in [-0.39, 0.29) is 18.7 Å². The average molecular weight is 373 g/mol. The zero-order valence-electron chi connectivity index (χ0n) is 17.1. The lowest BCUT2D eigenvalue weighted by Crippen LogP contribution is -2.44. The normalized spacial score (nSPS) is 13.0. The minimum absolute atomic E-state index is 0.0225. The SMILES string of the molecule is CC(C)(C)OC(=O)CCC(NC(=O)CCCCCN)C(=O)OC(C)(C)C. The van der Waals surface area contributed by atoms with Gasteiger partial charge in [-0.15, -0.1) is 0 Å². The summed E-state index contributed by atoms with van der Waals surface area (Å²) in [5.41, 5.74) is 4.16.